The summed E-state index contributed by atoms with van der Waals surface area (Å²) >= 11 is 0. The Balaban J connectivity index is 1.74. The van der Waals surface area contributed by atoms with Crippen LogP contribution in [0.5, 0.6) is 0 Å². The molecule has 6 heteroatoms. The van der Waals surface area contributed by atoms with Gasteiger partial charge in [-0.05, 0) is 37.3 Å². The summed E-state index contributed by atoms with van der Waals surface area (Å²) in [6.45, 7) is 3.63. The van der Waals surface area contributed by atoms with Gasteiger partial charge in [-0.1, -0.05) is 31.2 Å². The molecule has 24 heavy (non-hydrogen) atoms. The normalized spacial score (nSPS) is 23.8. The lowest BCUT2D eigenvalue weighted by atomic mass is 9.78. The van der Waals surface area contributed by atoms with Crippen LogP contribution in [-0.4, -0.2) is 40.9 Å². The fourth-order valence-electron chi connectivity index (χ4n) is 3.41. The average molecular weight is 329 g/mol. The molecule has 0 saturated carbocycles. The van der Waals surface area contributed by atoms with Gasteiger partial charge < -0.3 is 10.6 Å². The van der Waals surface area contributed by atoms with Gasteiger partial charge in [0.15, 0.2) is 0 Å². The maximum Gasteiger partial charge on any atom is 0.325 e. The van der Waals surface area contributed by atoms with Crippen molar-refractivity contribution < 1.29 is 14.4 Å². The summed E-state index contributed by atoms with van der Waals surface area (Å²) < 4.78 is 0. The van der Waals surface area contributed by atoms with Crippen LogP contribution in [0.1, 0.15) is 37.8 Å². The molecular formula is C18H23N3O3. The molecular weight excluding hydrogens is 306 g/mol. The molecule has 6 nitrogen and oxygen atoms in total. The fourth-order valence-corrected chi connectivity index (χ4v) is 3.41. The standard InChI is InChI=1S/C18H23N3O3/c1-3-12(2)19-15(22)11-21-16(23)18(20-17(21)24)9-8-13-6-4-5-7-14(13)10-18/h4-7,12H,3,8-11H2,1-2H3,(H,19,22)(H,20,24)/t12-,18+/m0/s1. The van der Waals surface area contributed by atoms with E-state index in [4.69, 9.17) is 0 Å². The van der Waals surface area contributed by atoms with E-state index >= 15 is 0 Å². The second-order valence-corrected chi connectivity index (χ2v) is 6.73. The van der Waals surface area contributed by atoms with Crippen molar-refractivity contribution in [2.45, 2.75) is 51.1 Å². The Labute approximate surface area is 141 Å². The Morgan fingerprint density at radius 2 is 2.04 bits per heavy atom. The number of imide groups is 1. The van der Waals surface area contributed by atoms with Crippen LogP contribution in [0, 0.1) is 0 Å². The number of amides is 4. The minimum atomic E-state index is -0.901. The van der Waals surface area contributed by atoms with E-state index in [2.05, 4.69) is 16.7 Å². The molecule has 1 aromatic rings. The first-order chi connectivity index (χ1) is 11.4. The number of carbonyl (C=O) groups excluding carboxylic acids is 3. The summed E-state index contributed by atoms with van der Waals surface area (Å²) in [7, 11) is 0. The highest BCUT2D eigenvalue weighted by molar-refractivity contribution is 6.09. The summed E-state index contributed by atoms with van der Waals surface area (Å²) in [5, 5.41) is 5.63. The maximum absolute atomic E-state index is 12.9. The smallest absolute Gasteiger partial charge is 0.325 e. The van der Waals surface area contributed by atoms with E-state index in [1.807, 2.05) is 32.0 Å². The van der Waals surface area contributed by atoms with Gasteiger partial charge in [0.1, 0.15) is 12.1 Å². The molecule has 1 spiro atoms. The number of benzene rings is 1. The number of nitrogens with one attached hydrogen (secondary N) is 2. The van der Waals surface area contributed by atoms with E-state index < -0.39 is 11.6 Å². The molecule has 1 aliphatic heterocycles. The molecule has 1 aliphatic carbocycles. The number of aryl methyl sites for hydroxylation is 1. The van der Waals surface area contributed by atoms with Gasteiger partial charge in [0, 0.05) is 12.5 Å². The molecule has 1 heterocycles. The predicted molar refractivity (Wildman–Crippen MR) is 89.3 cm³/mol. The minimum Gasteiger partial charge on any atom is -0.352 e. The molecule has 1 fully saturated rings. The van der Waals surface area contributed by atoms with Crippen molar-refractivity contribution in [3.63, 3.8) is 0 Å². The van der Waals surface area contributed by atoms with Crippen LogP contribution in [0.3, 0.4) is 0 Å². The van der Waals surface area contributed by atoms with Gasteiger partial charge in [-0.3, -0.25) is 14.5 Å². The number of hydrogen-bond acceptors (Lipinski definition) is 3. The zero-order valence-electron chi connectivity index (χ0n) is 14.1. The first-order valence-corrected chi connectivity index (χ1v) is 8.45. The van der Waals surface area contributed by atoms with Gasteiger partial charge in [0.2, 0.25) is 5.91 Å². The molecule has 0 aromatic heterocycles. The van der Waals surface area contributed by atoms with Gasteiger partial charge in [-0.15, -0.1) is 0 Å². The first-order valence-electron chi connectivity index (χ1n) is 8.45. The Hall–Kier alpha value is -2.37. The van der Waals surface area contributed by atoms with E-state index in [0.29, 0.717) is 12.8 Å². The topological polar surface area (TPSA) is 78.5 Å². The number of rotatable bonds is 4. The average Bonchev–Trinajstić information content (AvgIpc) is 2.78. The fraction of sp³-hybridized carbons (Fsp3) is 0.500. The Bertz CT molecular complexity index is 688. The van der Waals surface area contributed by atoms with E-state index in [1.54, 1.807) is 0 Å². The van der Waals surface area contributed by atoms with Gasteiger partial charge >= 0.3 is 6.03 Å². The minimum absolute atomic E-state index is 0.0220. The number of fused-ring (bicyclic) bond motifs is 1. The van der Waals surface area contributed by atoms with Crippen molar-refractivity contribution in [1.29, 1.82) is 0 Å². The Kier molecular flexibility index (Phi) is 4.30. The third kappa shape index (κ3) is 2.88. The molecule has 0 unspecified atom stereocenters. The molecule has 2 N–H and O–H groups in total. The van der Waals surface area contributed by atoms with Gasteiger partial charge in [0.25, 0.3) is 5.91 Å². The zero-order chi connectivity index (χ0) is 17.3. The molecule has 2 aliphatic rings. The second-order valence-electron chi connectivity index (χ2n) is 6.73. The van der Waals surface area contributed by atoms with E-state index in [0.717, 1.165) is 23.3 Å². The highest BCUT2D eigenvalue weighted by Crippen LogP contribution is 2.33. The molecule has 4 amide bonds. The van der Waals surface area contributed by atoms with Gasteiger partial charge in [-0.2, -0.15) is 0 Å². The summed E-state index contributed by atoms with van der Waals surface area (Å²) in [6, 6.07) is 7.52. The quantitative estimate of drug-likeness (QED) is 0.819. The monoisotopic (exact) mass is 329 g/mol. The van der Waals surface area contributed by atoms with Gasteiger partial charge in [0.05, 0.1) is 0 Å². The lowest BCUT2D eigenvalue weighted by molar-refractivity contribution is -0.135. The number of hydrogen-bond donors (Lipinski definition) is 2. The Morgan fingerprint density at radius 3 is 2.75 bits per heavy atom. The van der Waals surface area contributed by atoms with E-state index in [-0.39, 0.29) is 24.4 Å². The Morgan fingerprint density at radius 1 is 1.33 bits per heavy atom. The highest BCUT2D eigenvalue weighted by atomic mass is 16.2. The molecule has 3 rings (SSSR count). The largest absolute Gasteiger partial charge is 0.352 e. The highest BCUT2D eigenvalue weighted by Gasteiger charge is 2.52. The molecule has 2 atom stereocenters. The summed E-state index contributed by atoms with van der Waals surface area (Å²) in [5.74, 6) is -0.595. The third-order valence-corrected chi connectivity index (χ3v) is 5.00. The maximum atomic E-state index is 12.9. The van der Waals surface area contributed by atoms with Crippen LogP contribution in [-0.2, 0) is 22.4 Å². The third-order valence-electron chi connectivity index (χ3n) is 5.00. The SMILES string of the molecule is CC[C@H](C)NC(=O)CN1C(=O)N[C@@]2(CCc3ccccc3C2)C1=O. The first kappa shape index (κ1) is 16.5. The van der Waals surface area contributed by atoms with Crippen LogP contribution >= 0.6 is 0 Å². The molecule has 128 valence electrons. The molecule has 0 bridgehead atoms. The predicted octanol–water partition coefficient (Wildman–Crippen LogP) is 1.38. The van der Waals surface area contributed by atoms with Crippen LogP contribution in [0.2, 0.25) is 0 Å². The lowest BCUT2D eigenvalue weighted by Crippen LogP contribution is -2.51. The van der Waals surface area contributed by atoms with Crippen molar-refractivity contribution in [2.75, 3.05) is 6.54 Å². The molecule has 0 radical (unpaired) electrons. The molecule has 1 aromatic carbocycles. The van der Waals surface area contributed by atoms with Crippen molar-refractivity contribution in [2.24, 2.45) is 0 Å². The van der Waals surface area contributed by atoms with Crippen LogP contribution < -0.4 is 10.6 Å². The van der Waals surface area contributed by atoms with Crippen molar-refractivity contribution in [3.05, 3.63) is 35.4 Å². The van der Waals surface area contributed by atoms with E-state index in [1.165, 1.54) is 5.56 Å². The van der Waals surface area contributed by atoms with Crippen LogP contribution in [0.15, 0.2) is 24.3 Å². The number of urea groups is 1. The van der Waals surface area contributed by atoms with Gasteiger partial charge in [-0.25, -0.2) is 4.79 Å². The summed E-state index contributed by atoms with van der Waals surface area (Å²) in [4.78, 5) is 38.2. The summed E-state index contributed by atoms with van der Waals surface area (Å²) in [6.07, 6.45) is 2.59. The number of carbonyl (C=O) groups is 3. The van der Waals surface area contributed by atoms with Crippen molar-refractivity contribution in [1.82, 2.24) is 15.5 Å². The van der Waals surface area contributed by atoms with Crippen molar-refractivity contribution in [3.8, 4) is 0 Å². The zero-order valence-corrected chi connectivity index (χ0v) is 14.1. The molecule has 1 saturated heterocycles. The van der Waals surface area contributed by atoms with Crippen LogP contribution in [0.25, 0.3) is 0 Å². The summed E-state index contributed by atoms with van der Waals surface area (Å²) in [5.41, 5.74) is 1.41. The second kappa shape index (κ2) is 6.26. The lowest BCUT2D eigenvalue weighted by Gasteiger charge is -2.32. The van der Waals surface area contributed by atoms with Crippen molar-refractivity contribution >= 4 is 17.8 Å². The van der Waals surface area contributed by atoms with E-state index in [9.17, 15) is 14.4 Å². The number of nitrogens with zero attached hydrogens (tertiary/aromatic N) is 1. The van der Waals surface area contributed by atoms with Crippen LogP contribution in [0.4, 0.5) is 4.79 Å².